The third kappa shape index (κ3) is 2.18. The van der Waals surface area contributed by atoms with Crippen LogP contribution in [0.3, 0.4) is 0 Å². The van der Waals surface area contributed by atoms with Crippen LogP contribution in [-0.4, -0.2) is 36.0 Å². The van der Waals surface area contributed by atoms with Gasteiger partial charge in [0, 0.05) is 31.6 Å². The summed E-state index contributed by atoms with van der Waals surface area (Å²) in [4.78, 5) is 13.8. The zero-order valence-electron chi connectivity index (χ0n) is 13.5. The SMILES string of the molecule is CC(CN1CCCC1=O)NC1C2(C)CCC(C2)C1(C)C. The Morgan fingerprint density at radius 3 is 2.70 bits per heavy atom. The fourth-order valence-corrected chi connectivity index (χ4v) is 5.28. The van der Waals surface area contributed by atoms with E-state index >= 15 is 0 Å². The topological polar surface area (TPSA) is 32.3 Å². The van der Waals surface area contributed by atoms with E-state index in [1.54, 1.807) is 0 Å². The van der Waals surface area contributed by atoms with Gasteiger partial charge in [-0.15, -0.1) is 0 Å². The van der Waals surface area contributed by atoms with Gasteiger partial charge >= 0.3 is 0 Å². The summed E-state index contributed by atoms with van der Waals surface area (Å²) in [5, 5.41) is 3.89. The molecule has 2 aliphatic carbocycles. The number of nitrogens with one attached hydrogen (secondary N) is 1. The summed E-state index contributed by atoms with van der Waals surface area (Å²) in [6.45, 7) is 11.4. The first-order chi connectivity index (χ1) is 9.33. The highest BCUT2D eigenvalue weighted by atomic mass is 16.2. The van der Waals surface area contributed by atoms with E-state index in [1.165, 1.54) is 19.3 Å². The van der Waals surface area contributed by atoms with Crippen molar-refractivity contribution in [2.75, 3.05) is 13.1 Å². The minimum Gasteiger partial charge on any atom is -0.341 e. The number of amides is 1. The minimum absolute atomic E-state index is 0.345. The third-order valence-electron chi connectivity index (χ3n) is 6.39. The molecular formula is C17H30N2O. The van der Waals surface area contributed by atoms with Crippen LogP contribution in [0.5, 0.6) is 0 Å². The van der Waals surface area contributed by atoms with Crippen molar-refractivity contribution in [2.24, 2.45) is 16.7 Å². The van der Waals surface area contributed by atoms with Gasteiger partial charge in [0.25, 0.3) is 0 Å². The van der Waals surface area contributed by atoms with Gasteiger partial charge in [-0.3, -0.25) is 4.79 Å². The molecule has 0 aromatic heterocycles. The Balaban J connectivity index is 1.63. The minimum atomic E-state index is 0.345. The molecule has 0 spiro atoms. The standard InChI is InChI=1S/C17H30N2O/c1-12(11-19-9-5-6-14(19)20)18-15-16(2,3)13-7-8-17(15,4)10-13/h12-13,15,18H,5-11H2,1-4H3. The highest BCUT2D eigenvalue weighted by Crippen LogP contribution is 2.62. The van der Waals surface area contributed by atoms with Gasteiger partial charge in [-0.05, 0) is 49.4 Å². The maximum atomic E-state index is 11.8. The van der Waals surface area contributed by atoms with Gasteiger partial charge in [0.05, 0.1) is 0 Å². The van der Waals surface area contributed by atoms with E-state index in [0.717, 1.165) is 31.8 Å². The monoisotopic (exact) mass is 278 g/mol. The molecule has 1 N–H and O–H groups in total. The molecule has 0 aromatic carbocycles. The first-order valence-corrected chi connectivity index (χ1v) is 8.37. The van der Waals surface area contributed by atoms with E-state index < -0.39 is 0 Å². The van der Waals surface area contributed by atoms with Crippen LogP contribution in [-0.2, 0) is 4.79 Å². The summed E-state index contributed by atoms with van der Waals surface area (Å²) in [6.07, 6.45) is 5.95. The van der Waals surface area contributed by atoms with Gasteiger partial charge in [-0.2, -0.15) is 0 Å². The van der Waals surface area contributed by atoms with Crippen molar-refractivity contribution in [3.63, 3.8) is 0 Å². The number of carbonyl (C=O) groups excluding carboxylic acids is 1. The summed E-state index contributed by atoms with van der Waals surface area (Å²) in [5.74, 6) is 1.22. The average Bonchev–Trinajstić information content (AvgIpc) is 2.98. The smallest absolute Gasteiger partial charge is 0.222 e. The quantitative estimate of drug-likeness (QED) is 0.857. The molecule has 3 rings (SSSR count). The number of nitrogens with zero attached hydrogens (tertiary/aromatic N) is 1. The van der Waals surface area contributed by atoms with Crippen LogP contribution in [0.2, 0.25) is 0 Å². The van der Waals surface area contributed by atoms with E-state index in [1.807, 2.05) is 4.90 Å². The highest BCUT2D eigenvalue weighted by molar-refractivity contribution is 5.78. The van der Waals surface area contributed by atoms with Crippen LogP contribution in [0.25, 0.3) is 0 Å². The molecule has 1 saturated heterocycles. The highest BCUT2D eigenvalue weighted by Gasteiger charge is 2.59. The first-order valence-electron chi connectivity index (χ1n) is 8.37. The number of hydrogen-bond donors (Lipinski definition) is 1. The van der Waals surface area contributed by atoms with E-state index in [2.05, 4.69) is 33.0 Å². The van der Waals surface area contributed by atoms with Crippen molar-refractivity contribution in [2.45, 2.75) is 71.9 Å². The molecule has 3 fully saturated rings. The summed E-state index contributed by atoms with van der Waals surface area (Å²) < 4.78 is 0. The van der Waals surface area contributed by atoms with Crippen molar-refractivity contribution in [3.8, 4) is 0 Å². The number of likely N-dealkylation sites (tertiary alicyclic amines) is 1. The zero-order valence-corrected chi connectivity index (χ0v) is 13.5. The molecule has 2 bridgehead atoms. The second-order valence-electron chi connectivity index (χ2n) is 8.36. The molecule has 2 saturated carbocycles. The lowest BCUT2D eigenvalue weighted by atomic mass is 9.68. The van der Waals surface area contributed by atoms with Crippen LogP contribution in [0.15, 0.2) is 0 Å². The van der Waals surface area contributed by atoms with Crippen LogP contribution in [0, 0.1) is 16.7 Å². The Morgan fingerprint density at radius 2 is 2.15 bits per heavy atom. The average molecular weight is 278 g/mol. The molecule has 0 radical (unpaired) electrons. The molecule has 3 heteroatoms. The predicted molar refractivity (Wildman–Crippen MR) is 81.4 cm³/mol. The van der Waals surface area contributed by atoms with Gasteiger partial charge in [-0.25, -0.2) is 0 Å². The Bertz CT molecular complexity index is 401. The maximum Gasteiger partial charge on any atom is 0.222 e. The number of carbonyl (C=O) groups is 1. The van der Waals surface area contributed by atoms with E-state index in [-0.39, 0.29) is 0 Å². The van der Waals surface area contributed by atoms with Crippen LogP contribution in [0.4, 0.5) is 0 Å². The Kier molecular flexibility index (Phi) is 3.39. The number of rotatable bonds is 4. The van der Waals surface area contributed by atoms with Crippen LogP contribution < -0.4 is 5.32 Å². The lowest BCUT2D eigenvalue weighted by molar-refractivity contribution is -0.128. The second-order valence-corrected chi connectivity index (χ2v) is 8.36. The molecule has 114 valence electrons. The Labute approximate surface area is 123 Å². The molecule has 20 heavy (non-hydrogen) atoms. The van der Waals surface area contributed by atoms with Gasteiger partial charge in [0.15, 0.2) is 0 Å². The van der Waals surface area contributed by atoms with Crippen molar-refractivity contribution >= 4 is 5.91 Å². The predicted octanol–water partition coefficient (Wildman–Crippen LogP) is 2.80. The summed E-state index contributed by atoms with van der Waals surface area (Å²) >= 11 is 0. The van der Waals surface area contributed by atoms with Gasteiger partial charge < -0.3 is 10.2 Å². The van der Waals surface area contributed by atoms with Gasteiger partial charge in [0.2, 0.25) is 5.91 Å². The van der Waals surface area contributed by atoms with Gasteiger partial charge in [0.1, 0.15) is 0 Å². The maximum absolute atomic E-state index is 11.8. The molecule has 1 heterocycles. The third-order valence-corrected chi connectivity index (χ3v) is 6.39. The molecule has 3 nitrogen and oxygen atoms in total. The largest absolute Gasteiger partial charge is 0.341 e. The van der Waals surface area contributed by atoms with E-state index in [0.29, 0.717) is 28.8 Å². The number of hydrogen-bond acceptors (Lipinski definition) is 2. The summed E-state index contributed by atoms with van der Waals surface area (Å²) in [6, 6.07) is 0.999. The molecule has 4 atom stereocenters. The lowest BCUT2D eigenvalue weighted by Gasteiger charge is -2.45. The van der Waals surface area contributed by atoms with Crippen molar-refractivity contribution < 1.29 is 4.79 Å². The van der Waals surface area contributed by atoms with E-state index in [4.69, 9.17) is 0 Å². The van der Waals surface area contributed by atoms with Gasteiger partial charge in [-0.1, -0.05) is 20.8 Å². The van der Waals surface area contributed by atoms with Crippen molar-refractivity contribution in [1.29, 1.82) is 0 Å². The lowest BCUT2D eigenvalue weighted by Crippen LogP contribution is -2.55. The molecule has 1 amide bonds. The van der Waals surface area contributed by atoms with E-state index in [9.17, 15) is 4.79 Å². The second kappa shape index (κ2) is 4.72. The normalized spacial score (nSPS) is 40.6. The molecule has 0 aromatic rings. The first kappa shape index (κ1) is 14.4. The molecule has 4 unspecified atom stereocenters. The Morgan fingerprint density at radius 1 is 1.40 bits per heavy atom. The molecule has 3 aliphatic rings. The zero-order chi connectivity index (χ0) is 14.5. The van der Waals surface area contributed by atoms with Crippen LogP contribution >= 0.6 is 0 Å². The fraction of sp³-hybridized carbons (Fsp3) is 0.941. The Hall–Kier alpha value is -0.570. The van der Waals surface area contributed by atoms with Crippen molar-refractivity contribution in [1.82, 2.24) is 10.2 Å². The summed E-state index contributed by atoms with van der Waals surface area (Å²) in [5.41, 5.74) is 0.869. The molecule has 1 aliphatic heterocycles. The fourth-order valence-electron chi connectivity index (χ4n) is 5.28. The molecular weight excluding hydrogens is 248 g/mol. The number of fused-ring (bicyclic) bond motifs is 2. The van der Waals surface area contributed by atoms with Crippen LogP contribution in [0.1, 0.15) is 59.8 Å². The van der Waals surface area contributed by atoms with Crippen molar-refractivity contribution in [3.05, 3.63) is 0 Å². The summed E-state index contributed by atoms with van der Waals surface area (Å²) in [7, 11) is 0.